The van der Waals surface area contributed by atoms with Gasteiger partial charge in [-0.15, -0.1) is 6.42 Å². The lowest BCUT2D eigenvalue weighted by molar-refractivity contribution is -0.123. The van der Waals surface area contributed by atoms with E-state index in [1.54, 1.807) is 6.92 Å². The summed E-state index contributed by atoms with van der Waals surface area (Å²) in [5.41, 5.74) is -0.731. The summed E-state index contributed by atoms with van der Waals surface area (Å²) in [5, 5.41) is 12.8. The molecular formula is C15H18FNO3. The minimum Gasteiger partial charge on any atom is -0.384 e. The quantitative estimate of drug-likeness (QED) is 0.582. The maximum absolute atomic E-state index is 12.8. The van der Waals surface area contributed by atoms with Crippen LogP contribution in [-0.4, -0.2) is 30.8 Å². The Labute approximate surface area is 117 Å². The highest BCUT2D eigenvalue weighted by atomic mass is 19.1. The monoisotopic (exact) mass is 279 g/mol. The van der Waals surface area contributed by atoms with Crippen molar-refractivity contribution < 1.29 is 19.0 Å². The van der Waals surface area contributed by atoms with Gasteiger partial charge in [0.1, 0.15) is 18.0 Å². The molecule has 0 aliphatic carbocycles. The number of hydrogen-bond donors (Lipinski definition) is 2. The summed E-state index contributed by atoms with van der Waals surface area (Å²) < 4.78 is 17.8. The first-order chi connectivity index (χ1) is 9.45. The average molecular weight is 279 g/mol. The number of amides is 1. The molecule has 1 rings (SSSR count). The van der Waals surface area contributed by atoms with Crippen molar-refractivity contribution >= 4 is 5.91 Å². The van der Waals surface area contributed by atoms with E-state index < -0.39 is 5.60 Å². The predicted octanol–water partition coefficient (Wildman–Crippen LogP) is 1.19. The van der Waals surface area contributed by atoms with Crippen LogP contribution in [0.4, 0.5) is 4.39 Å². The zero-order chi connectivity index (χ0) is 15.0. The molecule has 5 heteroatoms. The number of carbonyl (C=O) groups excluding carboxylic acids is 1. The van der Waals surface area contributed by atoms with Gasteiger partial charge in [0.15, 0.2) is 0 Å². The zero-order valence-electron chi connectivity index (χ0n) is 11.4. The maximum Gasteiger partial charge on any atom is 0.222 e. The summed E-state index contributed by atoms with van der Waals surface area (Å²) in [5.74, 6) is 1.68. The molecule has 0 saturated carbocycles. The predicted molar refractivity (Wildman–Crippen MR) is 73.2 cm³/mol. The minimum absolute atomic E-state index is 0.0343. The number of carbonyl (C=O) groups is 1. The van der Waals surface area contributed by atoms with Crippen LogP contribution in [0.3, 0.4) is 0 Å². The summed E-state index contributed by atoms with van der Waals surface area (Å²) in [6.45, 7) is 1.98. The molecule has 0 saturated heterocycles. The van der Waals surface area contributed by atoms with Gasteiger partial charge < -0.3 is 15.2 Å². The lowest BCUT2D eigenvalue weighted by Crippen LogP contribution is -2.38. The third-order valence-electron chi connectivity index (χ3n) is 2.75. The first kappa shape index (κ1) is 16.2. The molecule has 0 aromatic heterocycles. The first-order valence-corrected chi connectivity index (χ1v) is 6.22. The van der Waals surface area contributed by atoms with Crippen LogP contribution in [0.25, 0.3) is 0 Å². The zero-order valence-corrected chi connectivity index (χ0v) is 11.4. The van der Waals surface area contributed by atoms with E-state index in [2.05, 4.69) is 11.2 Å². The molecule has 0 heterocycles. The Morgan fingerprint density at radius 3 is 2.75 bits per heavy atom. The second-order valence-electron chi connectivity index (χ2n) is 4.56. The van der Waals surface area contributed by atoms with Crippen LogP contribution < -0.4 is 5.32 Å². The van der Waals surface area contributed by atoms with E-state index in [1.165, 1.54) is 24.3 Å². The molecule has 0 fully saturated rings. The van der Waals surface area contributed by atoms with Crippen LogP contribution in [0.2, 0.25) is 0 Å². The molecule has 1 aromatic carbocycles. The second-order valence-corrected chi connectivity index (χ2v) is 4.56. The van der Waals surface area contributed by atoms with Gasteiger partial charge in [-0.05, 0) is 24.6 Å². The van der Waals surface area contributed by atoms with Gasteiger partial charge >= 0.3 is 0 Å². The number of aliphatic hydroxyl groups is 1. The van der Waals surface area contributed by atoms with Crippen LogP contribution in [0.5, 0.6) is 0 Å². The van der Waals surface area contributed by atoms with E-state index in [0.717, 1.165) is 0 Å². The molecule has 0 aliphatic heterocycles. The number of nitrogens with one attached hydrogen (secondary N) is 1. The van der Waals surface area contributed by atoms with Gasteiger partial charge in [-0.3, -0.25) is 4.79 Å². The van der Waals surface area contributed by atoms with E-state index in [0.29, 0.717) is 5.56 Å². The molecule has 1 atom stereocenters. The van der Waals surface area contributed by atoms with E-state index in [9.17, 15) is 14.3 Å². The Hall–Kier alpha value is -1.90. The van der Waals surface area contributed by atoms with Crippen molar-refractivity contribution in [1.82, 2.24) is 5.32 Å². The number of terminal acetylenes is 1. The lowest BCUT2D eigenvalue weighted by Gasteiger charge is -2.24. The third kappa shape index (κ3) is 5.39. The Morgan fingerprint density at radius 1 is 1.50 bits per heavy atom. The van der Waals surface area contributed by atoms with Gasteiger partial charge in [0.05, 0.1) is 19.6 Å². The van der Waals surface area contributed by atoms with Crippen molar-refractivity contribution in [3.8, 4) is 12.3 Å². The Morgan fingerprint density at radius 2 is 2.15 bits per heavy atom. The standard InChI is InChI=1S/C15H18FNO3/c1-3-9-20-10-8-14(18)17-11-15(2,19)12-4-6-13(16)7-5-12/h1,4-7,19H,8-11H2,2H3,(H,17,18). The van der Waals surface area contributed by atoms with E-state index >= 15 is 0 Å². The Kier molecular flexibility index (Phi) is 6.16. The fourth-order valence-electron chi connectivity index (χ4n) is 1.57. The summed E-state index contributed by atoms with van der Waals surface area (Å²) in [6, 6.07) is 5.49. The number of halogens is 1. The number of benzene rings is 1. The topological polar surface area (TPSA) is 58.6 Å². The molecule has 0 aliphatic rings. The van der Waals surface area contributed by atoms with E-state index in [-0.39, 0.29) is 37.9 Å². The van der Waals surface area contributed by atoms with E-state index in [1.807, 2.05) is 0 Å². The molecule has 0 radical (unpaired) electrons. The van der Waals surface area contributed by atoms with Crippen LogP contribution in [0, 0.1) is 18.2 Å². The van der Waals surface area contributed by atoms with Gasteiger partial charge in [0.25, 0.3) is 0 Å². The fraction of sp³-hybridized carbons (Fsp3) is 0.400. The molecule has 0 bridgehead atoms. The first-order valence-electron chi connectivity index (χ1n) is 6.22. The molecule has 20 heavy (non-hydrogen) atoms. The van der Waals surface area contributed by atoms with Crippen molar-refractivity contribution in [2.75, 3.05) is 19.8 Å². The Bertz CT molecular complexity index is 477. The van der Waals surface area contributed by atoms with E-state index in [4.69, 9.17) is 11.2 Å². The largest absolute Gasteiger partial charge is 0.384 e. The summed E-state index contributed by atoms with van der Waals surface area (Å²) in [6.07, 6.45) is 5.17. The lowest BCUT2D eigenvalue weighted by atomic mass is 9.96. The van der Waals surface area contributed by atoms with Crippen molar-refractivity contribution in [2.45, 2.75) is 18.9 Å². The van der Waals surface area contributed by atoms with Gasteiger partial charge in [-0.1, -0.05) is 18.1 Å². The number of hydrogen-bond acceptors (Lipinski definition) is 3. The molecule has 2 N–H and O–H groups in total. The second kappa shape index (κ2) is 7.63. The Balaban J connectivity index is 2.41. The third-order valence-corrected chi connectivity index (χ3v) is 2.75. The number of ether oxygens (including phenoxy) is 1. The highest BCUT2D eigenvalue weighted by molar-refractivity contribution is 5.76. The summed E-state index contributed by atoms with van der Waals surface area (Å²) >= 11 is 0. The highest BCUT2D eigenvalue weighted by Gasteiger charge is 2.23. The van der Waals surface area contributed by atoms with Crippen molar-refractivity contribution in [2.24, 2.45) is 0 Å². The van der Waals surface area contributed by atoms with Gasteiger partial charge in [-0.25, -0.2) is 4.39 Å². The van der Waals surface area contributed by atoms with Gasteiger partial charge in [0, 0.05) is 0 Å². The molecular weight excluding hydrogens is 261 g/mol. The summed E-state index contributed by atoms with van der Waals surface area (Å²) in [7, 11) is 0. The van der Waals surface area contributed by atoms with Crippen molar-refractivity contribution in [3.05, 3.63) is 35.6 Å². The summed E-state index contributed by atoms with van der Waals surface area (Å²) in [4.78, 5) is 11.5. The smallest absolute Gasteiger partial charge is 0.222 e. The molecule has 1 unspecified atom stereocenters. The van der Waals surface area contributed by atoms with Crippen molar-refractivity contribution in [3.63, 3.8) is 0 Å². The van der Waals surface area contributed by atoms with Crippen LogP contribution in [0.15, 0.2) is 24.3 Å². The van der Waals surface area contributed by atoms with Crippen LogP contribution in [-0.2, 0) is 15.1 Å². The van der Waals surface area contributed by atoms with Crippen LogP contribution in [0.1, 0.15) is 18.9 Å². The van der Waals surface area contributed by atoms with Gasteiger partial charge in [0.2, 0.25) is 5.91 Å². The molecule has 1 amide bonds. The normalized spacial score (nSPS) is 13.3. The van der Waals surface area contributed by atoms with Crippen LogP contribution >= 0.6 is 0 Å². The fourth-order valence-corrected chi connectivity index (χ4v) is 1.57. The van der Waals surface area contributed by atoms with Gasteiger partial charge in [-0.2, -0.15) is 0 Å². The minimum atomic E-state index is -1.26. The molecule has 108 valence electrons. The molecule has 0 spiro atoms. The number of rotatable bonds is 7. The maximum atomic E-state index is 12.8. The molecule has 1 aromatic rings. The average Bonchev–Trinajstić information content (AvgIpc) is 2.42. The molecule has 4 nitrogen and oxygen atoms in total. The SMILES string of the molecule is C#CCOCCC(=O)NCC(C)(O)c1ccc(F)cc1. The highest BCUT2D eigenvalue weighted by Crippen LogP contribution is 2.19. The van der Waals surface area contributed by atoms with Crippen molar-refractivity contribution in [1.29, 1.82) is 0 Å².